The van der Waals surface area contributed by atoms with Crippen molar-refractivity contribution >= 4 is 59.9 Å². The van der Waals surface area contributed by atoms with Crippen LogP contribution in [0.1, 0.15) is 24.0 Å². The van der Waals surface area contributed by atoms with Crippen molar-refractivity contribution in [2.75, 3.05) is 25.0 Å². The minimum Gasteiger partial charge on any atom is -0.455 e. The topological polar surface area (TPSA) is 106 Å². The minimum atomic E-state index is -3.52. The smallest absolute Gasteiger partial charge is 0.309 e. The molecule has 0 radical (unpaired) electrons. The molecular weight excluding hydrogens is 470 g/mol. The van der Waals surface area contributed by atoms with Crippen LogP contribution < -0.4 is 5.32 Å². The largest absolute Gasteiger partial charge is 0.455 e. The summed E-state index contributed by atoms with van der Waals surface area (Å²) in [6, 6.07) is 7.32. The Morgan fingerprint density at radius 3 is 2.69 bits per heavy atom. The van der Waals surface area contributed by atoms with E-state index in [1.165, 1.54) is 27.0 Å². The summed E-state index contributed by atoms with van der Waals surface area (Å²) in [6.45, 7) is 4.07. The van der Waals surface area contributed by atoms with E-state index in [1.807, 2.05) is 26.0 Å². The van der Waals surface area contributed by atoms with Gasteiger partial charge in [0.15, 0.2) is 11.7 Å². The van der Waals surface area contributed by atoms with E-state index in [4.69, 9.17) is 4.74 Å². The van der Waals surface area contributed by atoms with E-state index < -0.39 is 34.4 Å². The quantitative estimate of drug-likeness (QED) is 0.527. The molecule has 3 aromatic rings. The van der Waals surface area contributed by atoms with E-state index in [0.717, 1.165) is 21.3 Å². The van der Waals surface area contributed by atoms with E-state index in [-0.39, 0.29) is 13.1 Å². The van der Waals surface area contributed by atoms with Gasteiger partial charge in [0, 0.05) is 13.1 Å². The second kappa shape index (κ2) is 9.26. The molecule has 8 nitrogen and oxygen atoms in total. The van der Waals surface area contributed by atoms with Crippen LogP contribution in [0.4, 0.5) is 5.13 Å². The number of amides is 1. The molecule has 11 heteroatoms. The van der Waals surface area contributed by atoms with Crippen LogP contribution in [0, 0.1) is 19.8 Å². The standard InChI is InChI=1S/C21H23N3O5S3/c1-13-10-14(2)19-16(11-13)31-21(23-19)22-17(25)12-29-20(26)15-5-7-24(8-6-15)32(27,28)18-4-3-9-30-18/h3-4,9-11,15H,5-8,12H2,1-2H3,(H,22,23,25). The third-order valence-corrected chi connectivity index (χ3v) is 9.49. The van der Waals surface area contributed by atoms with Crippen LogP contribution in [0.25, 0.3) is 10.2 Å². The first kappa shape index (κ1) is 22.8. The van der Waals surface area contributed by atoms with E-state index in [0.29, 0.717) is 22.2 Å². The van der Waals surface area contributed by atoms with Crippen molar-refractivity contribution in [2.24, 2.45) is 5.92 Å². The average Bonchev–Trinajstić information content (AvgIpc) is 3.42. The fraction of sp³-hybridized carbons (Fsp3) is 0.381. The SMILES string of the molecule is Cc1cc(C)c2nc(NC(=O)COC(=O)C3CCN(S(=O)(=O)c4cccs4)CC3)sc2c1. The van der Waals surface area contributed by atoms with Gasteiger partial charge >= 0.3 is 5.97 Å². The van der Waals surface area contributed by atoms with Gasteiger partial charge in [-0.05, 0) is 55.3 Å². The van der Waals surface area contributed by atoms with Crippen LogP contribution >= 0.6 is 22.7 Å². The van der Waals surface area contributed by atoms with Gasteiger partial charge in [-0.2, -0.15) is 4.31 Å². The minimum absolute atomic E-state index is 0.247. The molecule has 2 aromatic heterocycles. The van der Waals surface area contributed by atoms with Gasteiger partial charge in [0.05, 0.1) is 16.1 Å². The number of sulfonamides is 1. The predicted molar refractivity (Wildman–Crippen MR) is 124 cm³/mol. The Morgan fingerprint density at radius 1 is 1.25 bits per heavy atom. The number of thiophene rings is 1. The van der Waals surface area contributed by atoms with Gasteiger partial charge in [0.2, 0.25) is 0 Å². The monoisotopic (exact) mass is 493 g/mol. The van der Waals surface area contributed by atoms with E-state index >= 15 is 0 Å². The zero-order valence-corrected chi connectivity index (χ0v) is 20.1. The van der Waals surface area contributed by atoms with Gasteiger partial charge in [-0.3, -0.25) is 14.9 Å². The molecule has 0 saturated carbocycles. The van der Waals surface area contributed by atoms with Gasteiger partial charge < -0.3 is 4.74 Å². The normalized spacial score (nSPS) is 15.7. The maximum absolute atomic E-state index is 12.6. The van der Waals surface area contributed by atoms with Gasteiger partial charge in [-0.25, -0.2) is 13.4 Å². The molecule has 0 unspecified atom stereocenters. The number of anilines is 1. The molecule has 0 bridgehead atoms. The number of nitrogens with one attached hydrogen (secondary N) is 1. The lowest BCUT2D eigenvalue weighted by molar-refractivity contribution is -0.152. The fourth-order valence-electron chi connectivity index (χ4n) is 3.70. The highest BCUT2D eigenvalue weighted by Crippen LogP contribution is 2.29. The third-order valence-electron chi connectivity index (χ3n) is 5.30. The first-order chi connectivity index (χ1) is 15.2. The number of hydrogen-bond donors (Lipinski definition) is 1. The van der Waals surface area contributed by atoms with Crippen LogP contribution in [-0.4, -0.2) is 49.3 Å². The highest BCUT2D eigenvalue weighted by atomic mass is 32.2. The summed E-state index contributed by atoms with van der Waals surface area (Å²) in [4.78, 5) is 29.1. The summed E-state index contributed by atoms with van der Waals surface area (Å²) < 4.78 is 33.0. The van der Waals surface area contributed by atoms with Crippen molar-refractivity contribution in [3.63, 3.8) is 0 Å². The Kier molecular flexibility index (Phi) is 6.61. The molecule has 1 saturated heterocycles. The van der Waals surface area contributed by atoms with Crippen molar-refractivity contribution in [3.8, 4) is 0 Å². The van der Waals surface area contributed by atoms with Gasteiger partial charge in [0.25, 0.3) is 15.9 Å². The number of aryl methyl sites for hydroxylation is 2. The number of rotatable bonds is 6. The molecular formula is C21H23N3O5S3. The Labute approximate surface area is 194 Å². The molecule has 1 fully saturated rings. The summed E-state index contributed by atoms with van der Waals surface area (Å²) in [7, 11) is -3.52. The van der Waals surface area contributed by atoms with Crippen LogP contribution in [0.3, 0.4) is 0 Å². The fourth-order valence-corrected chi connectivity index (χ4v) is 7.38. The maximum Gasteiger partial charge on any atom is 0.309 e. The predicted octanol–water partition coefficient (Wildman–Crippen LogP) is 3.56. The number of hydrogen-bond acceptors (Lipinski definition) is 8. The molecule has 1 amide bonds. The Balaban J connectivity index is 1.27. The number of esters is 1. The molecule has 0 aliphatic carbocycles. The number of ether oxygens (including phenoxy) is 1. The van der Waals surface area contributed by atoms with Gasteiger partial charge in [0.1, 0.15) is 4.21 Å². The summed E-state index contributed by atoms with van der Waals surface area (Å²) in [5, 5.41) is 4.86. The van der Waals surface area contributed by atoms with Gasteiger partial charge in [-0.15, -0.1) is 11.3 Å². The number of fused-ring (bicyclic) bond motifs is 1. The molecule has 3 heterocycles. The summed E-state index contributed by atoms with van der Waals surface area (Å²) >= 11 is 2.55. The lowest BCUT2D eigenvalue weighted by Crippen LogP contribution is -2.40. The molecule has 32 heavy (non-hydrogen) atoms. The average molecular weight is 494 g/mol. The molecule has 1 aliphatic heterocycles. The van der Waals surface area contributed by atoms with E-state index in [2.05, 4.69) is 10.3 Å². The van der Waals surface area contributed by atoms with Crippen molar-refractivity contribution in [3.05, 3.63) is 40.8 Å². The summed E-state index contributed by atoms with van der Waals surface area (Å²) in [5.41, 5.74) is 3.01. The van der Waals surface area contributed by atoms with Crippen LogP contribution in [0.15, 0.2) is 33.9 Å². The number of carbonyl (C=O) groups is 2. The number of piperidine rings is 1. The van der Waals surface area contributed by atoms with Crippen molar-refractivity contribution in [1.82, 2.24) is 9.29 Å². The number of carbonyl (C=O) groups excluding carboxylic acids is 2. The van der Waals surface area contributed by atoms with E-state index in [9.17, 15) is 18.0 Å². The molecule has 1 aromatic carbocycles. The maximum atomic E-state index is 12.6. The zero-order valence-electron chi connectivity index (χ0n) is 17.7. The first-order valence-corrected chi connectivity index (χ1v) is 13.3. The van der Waals surface area contributed by atoms with E-state index in [1.54, 1.807) is 17.5 Å². The van der Waals surface area contributed by atoms with Crippen LogP contribution in [0.5, 0.6) is 0 Å². The first-order valence-electron chi connectivity index (χ1n) is 10.1. The van der Waals surface area contributed by atoms with Gasteiger partial charge in [-0.1, -0.05) is 23.5 Å². The molecule has 0 spiro atoms. The van der Waals surface area contributed by atoms with Crippen LogP contribution in [-0.2, 0) is 24.3 Å². The number of nitrogens with zero attached hydrogens (tertiary/aromatic N) is 2. The van der Waals surface area contributed by atoms with Crippen molar-refractivity contribution in [1.29, 1.82) is 0 Å². The second-order valence-electron chi connectivity index (χ2n) is 7.71. The lowest BCUT2D eigenvalue weighted by atomic mass is 9.98. The number of thiazole rings is 1. The zero-order chi connectivity index (χ0) is 22.9. The molecule has 170 valence electrons. The highest BCUT2D eigenvalue weighted by molar-refractivity contribution is 7.91. The van der Waals surface area contributed by atoms with Crippen molar-refractivity contribution in [2.45, 2.75) is 30.9 Å². The highest BCUT2D eigenvalue weighted by Gasteiger charge is 2.33. The number of benzene rings is 1. The van der Waals surface area contributed by atoms with Crippen molar-refractivity contribution < 1.29 is 22.7 Å². The summed E-state index contributed by atoms with van der Waals surface area (Å²) in [6.07, 6.45) is 0.725. The van der Waals surface area contributed by atoms with Crippen LogP contribution in [0.2, 0.25) is 0 Å². The molecule has 0 atom stereocenters. The second-order valence-corrected chi connectivity index (χ2v) is 11.9. The Morgan fingerprint density at radius 2 is 2.00 bits per heavy atom. The summed E-state index contributed by atoms with van der Waals surface area (Å²) in [5.74, 6) is -1.36. The number of aromatic nitrogens is 1. The third kappa shape index (κ3) is 4.85. The molecule has 4 rings (SSSR count). The Hall–Kier alpha value is -2.34. The lowest BCUT2D eigenvalue weighted by Gasteiger charge is -2.29. The molecule has 1 N–H and O–H groups in total. The Bertz CT molecular complexity index is 1240. The molecule has 1 aliphatic rings.